The van der Waals surface area contributed by atoms with Gasteiger partial charge in [0.15, 0.2) is 0 Å². The highest BCUT2D eigenvalue weighted by molar-refractivity contribution is 7.80. The molecule has 0 aromatic carbocycles. The third-order valence-corrected chi connectivity index (χ3v) is 4.45. The van der Waals surface area contributed by atoms with E-state index in [-0.39, 0.29) is 0 Å². The van der Waals surface area contributed by atoms with E-state index in [1.54, 1.807) is 0 Å². The topological polar surface area (TPSA) is 0 Å². The van der Waals surface area contributed by atoms with Gasteiger partial charge in [0.05, 0.1) is 0 Å². The first-order valence-corrected chi connectivity index (χ1v) is 7.43. The molecule has 0 aromatic rings. The lowest BCUT2D eigenvalue weighted by atomic mass is 9.83. The van der Waals surface area contributed by atoms with Crippen molar-refractivity contribution in [3.63, 3.8) is 0 Å². The zero-order valence-corrected chi connectivity index (χ0v) is 11.7. The Bertz CT molecular complexity index is 178. The summed E-state index contributed by atoms with van der Waals surface area (Å²) in [6, 6.07) is 0. The number of hydrogen-bond donors (Lipinski definition) is 1. The summed E-state index contributed by atoms with van der Waals surface area (Å²) in [4.78, 5) is 0. The van der Waals surface area contributed by atoms with Gasteiger partial charge in [-0.3, -0.25) is 0 Å². The van der Waals surface area contributed by atoms with Crippen molar-refractivity contribution in [2.45, 2.75) is 76.6 Å². The Morgan fingerprint density at radius 2 is 1.56 bits per heavy atom. The summed E-state index contributed by atoms with van der Waals surface area (Å²) in [7, 11) is 0. The normalized spacial score (nSPS) is 36.4. The van der Waals surface area contributed by atoms with Gasteiger partial charge in [0.2, 0.25) is 0 Å². The van der Waals surface area contributed by atoms with Crippen LogP contribution in [0.5, 0.6) is 0 Å². The highest BCUT2D eigenvalue weighted by Gasteiger charge is 2.24. The monoisotopic (exact) mass is 246 g/mol. The molecular weight excluding hydrogens is 219 g/mol. The van der Waals surface area contributed by atoms with Crippen LogP contribution in [-0.2, 0) is 0 Å². The van der Waals surface area contributed by atoms with Crippen molar-refractivity contribution < 1.29 is 4.39 Å². The summed E-state index contributed by atoms with van der Waals surface area (Å²) in [5.74, 6) is 0.942. The molecule has 2 aliphatic rings. The minimum atomic E-state index is -0.520. The Kier molecular flexibility index (Phi) is 6.79. The van der Waals surface area contributed by atoms with Gasteiger partial charge in [0, 0.05) is 5.25 Å². The standard InChI is InChI=1S/C8H15F.C6H12S/c1-6-3-4-7(2)8(9)5-6;7-6-4-2-1-3-5-6/h6-8H,3-5H2,1-2H3;6-7H,1-5H2. The zero-order chi connectivity index (χ0) is 12.0. The van der Waals surface area contributed by atoms with Crippen molar-refractivity contribution in [3.8, 4) is 0 Å². The smallest absolute Gasteiger partial charge is 0.103 e. The SMILES string of the molecule is CC1CCC(C)C(F)C1.SC1CCCCC1. The van der Waals surface area contributed by atoms with E-state index in [1.807, 2.05) is 6.92 Å². The summed E-state index contributed by atoms with van der Waals surface area (Å²) in [6.45, 7) is 4.15. The molecule has 0 heterocycles. The van der Waals surface area contributed by atoms with Crippen molar-refractivity contribution in [2.75, 3.05) is 0 Å². The van der Waals surface area contributed by atoms with Gasteiger partial charge in [-0.2, -0.15) is 12.6 Å². The Labute approximate surface area is 106 Å². The second-order valence-electron chi connectivity index (χ2n) is 5.70. The van der Waals surface area contributed by atoms with Crippen LogP contribution in [0.1, 0.15) is 65.2 Å². The number of alkyl halides is 1. The van der Waals surface area contributed by atoms with Crippen LogP contribution in [0.3, 0.4) is 0 Å². The Hall–Kier alpha value is 0.280. The number of halogens is 1. The van der Waals surface area contributed by atoms with Crippen LogP contribution in [0, 0.1) is 11.8 Å². The molecule has 3 unspecified atom stereocenters. The summed E-state index contributed by atoms with van der Waals surface area (Å²) < 4.78 is 12.8. The molecule has 0 aromatic heterocycles. The third-order valence-electron chi connectivity index (χ3n) is 3.93. The van der Waals surface area contributed by atoms with E-state index < -0.39 is 6.17 Å². The van der Waals surface area contributed by atoms with Gasteiger partial charge in [-0.05, 0) is 37.5 Å². The molecule has 96 valence electrons. The summed E-state index contributed by atoms with van der Waals surface area (Å²) in [5.41, 5.74) is 0. The Morgan fingerprint density at radius 3 is 1.94 bits per heavy atom. The lowest BCUT2D eigenvalue weighted by molar-refractivity contribution is 0.145. The molecule has 2 saturated carbocycles. The fourth-order valence-electron chi connectivity index (χ4n) is 2.54. The quantitative estimate of drug-likeness (QED) is 0.569. The molecule has 0 aliphatic heterocycles. The first kappa shape index (κ1) is 14.3. The molecule has 16 heavy (non-hydrogen) atoms. The van der Waals surface area contributed by atoms with Gasteiger partial charge >= 0.3 is 0 Å². The first-order valence-electron chi connectivity index (χ1n) is 6.91. The fourth-order valence-corrected chi connectivity index (χ4v) is 2.91. The maximum atomic E-state index is 12.8. The summed E-state index contributed by atoms with van der Waals surface area (Å²) in [6.07, 6.45) is 9.55. The van der Waals surface area contributed by atoms with Gasteiger partial charge in [0.25, 0.3) is 0 Å². The van der Waals surface area contributed by atoms with E-state index in [0.29, 0.717) is 11.8 Å². The maximum Gasteiger partial charge on any atom is 0.103 e. The summed E-state index contributed by atoms with van der Waals surface area (Å²) in [5, 5.41) is 0.730. The molecule has 3 atom stereocenters. The number of thiol groups is 1. The fraction of sp³-hybridized carbons (Fsp3) is 1.00. The molecule has 0 bridgehead atoms. The van der Waals surface area contributed by atoms with E-state index in [2.05, 4.69) is 19.6 Å². The second-order valence-corrected chi connectivity index (χ2v) is 6.43. The van der Waals surface area contributed by atoms with Crippen LogP contribution < -0.4 is 0 Å². The zero-order valence-electron chi connectivity index (χ0n) is 10.8. The average molecular weight is 246 g/mol. The molecule has 0 N–H and O–H groups in total. The van der Waals surface area contributed by atoms with Crippen LogP contribution >= 0.6 is 12.6 Å². The van der Waals surface area contributed by atoms with Crippen molar-refractivity contribution in [3.05, 3.63) is 0 Å². The highest BCUT2D eigenvalue weighted by Crippen LogP contribution is 2.30. The van der Waals surface area contributed by atoms with Gasteiger partial charge in [-0.25, -0.2) is 4.39 Å². The molecule has 2 rings (SSSR count). The van der Waals surface area contributed by atoms with Gasteiger partial charge in [-0.15, -0.1) is 0 Å². The van der Waals surface area contributed by atoms with Crippen molar-refractivity contribution in [2.24, 2.45) is 11.8 Å². The van der Waals surface area contributed by atoms with Crippen molar-refractivity contribution in [1.29, 1.82) is 0 Å². The molecule has 0 amide bonds. The lowest BCUT2D eigenvalue weighted by Crippen LogP contribution is -2.22. The molecule has 0 spiro atoms. The van der Waals surface area contributed by atoms with Gasteiger partial charge in [0.1, 0.15) is 6.17 Å². The van der Waals surface area contributed by atoms with Crippen molar-refractivity contribution in [1.82, 2.24) is 0 Å². The first-order chi connectivity index (χ1) is 7.59. The largest absolute Gasteiger partial charge is 0.247 e. The second kappa shape index (κ2) is 7.58. The predicted molar refractivity (Wildman–Crippen MR) is 72.9 cm³/mol. The molecule has 0 nitrogen and oxygen atoms in total. The Balaban J connectivity index is 0.000000165. The third kappa shape index (κ3) is 5.56. The van der Waals surface area contributed by atoms with E-state index in [9.17, 15) is 4.39 Å². The lowest BCUT2D eigenvalue weighted by Gasteiger charge is -2.26. The highest BCUT2D eigenvalue weighted by atomic mass is 32.1. The van der Waals surface area contributed by atoms with Crippen LogP contribution in [0.2, 0.25) is 0 Å². The van der Waals surface area contributed by atoms with E-state index >= 15 is 0 Å². The molecule has 0 saturated heterocycles. The molecule has 2 heteroatoms. The molecular formula is C14H27FS. The van der Waals surface area contributed by atoms with Gasteiger partial charge in [-0.1, -0.05) is 39.5 Å². The van der Waals surface area contributed by atoms with Crippen LogP contribution in [0.15, 0.2) is 0 Å². The number of hydrogen-bond acceptors (Lipinski definition) is 1. The van der Waals surface area contributed by atoms with Crippen LogP contribution in [0.25, 0.3) is 0 Å². The summed E-state index contributed by atoms with van der Waals surface area (Å²) >= 11 is 4.36. The van der Waals surface area contributed by atoms with E-state index in [0.717, 1.165) is 18.1 Å². The molecule has 2 aliphatic carbocycles. The average Bonchev–Trinajstić information content (AvgIpc) is 2.26. The molecule has 2 fully saturated rings. The van der Waals surface area contributed by atoms with Crippen molar-refractivity contribution >= 4 is 12.6 Å². The van der Waals surface area contributed by atoms with Crippen LogP contribution in [-0.4, -0.2) is 11.4 Å². The Morgan fingerprint density at radius 1 is 0.938 bits per heavy atom. The van der Waals surface area contributed by atoms with E-state index in [1.165, 1.54) is 38.5 Å². The van der Waals surface area contributed by atoms with Crippen LogP contribution in [0.4, 0.5) is 4.39 Å². The minimum Gasteiger partial charge on any atom is -0.247 e. The minimum absolute atomic E-state index is 0.321. The van der Waals surface area contributed by atoms with E-state index in [4.69, 9.17) is 0 Å². The number of rotatable bonds is 0. The molecule has 0 radical (unpaired) electrons. The predicted octanol–water partition coefficient (Wildman–Crippen LogP) is 5.03. The van der Waals surface area contributed by atoms with Gasteiger partial charge < -0.3 is 0 Å². The maximum absolute atomic E-state index is 12.8.